The second-order valence-electron chi connectivity index (χ2n) is 5.27. The van der Waals surface area contributed by atoms with E-state index in [1.54, 1.807) is 0 Å². The van der Waals surface area contributed by atoms with Crippen LogP contribution in [0.4, 0.5) is 11.4 Å². The normalized spacial score (nSPS) is 13.9. The minimum atomic E-state index is 0.115. The third-order valence-electron chi connectivity index (χ3n) is 3.82. The van der Waals surface area contributed by atoms with Crippen LogP contribution in [0.25, 0.3) is 0 Å². The molecule has 102 valence electrons. The van der Waals surface area contributed by atoms with Gasteiger partial charge in [-0.05, 0) is 42.7 Å². The maximum atomic E-state index is 12.2. The molecule has 0 aromatic heterocycles. The largest absolute Gasteiger partial charge is 0.374 e. The van der Waals surface area contributed by atoms with E-state index in [0.29, 0.717) is 13.1 Å². The van der Waals surface area contributed by atoms with E-state index in [2.05, 4.69) is 43.4 Å². The molecule has 0 radical (unpaired) electrons. The first-order valence-electron chi connectivity index (χ1n) is 6.84. The molecule has 2 aromatic rings. The van der Waals surface area contributed by atoms with Gasteiger partial charge < -0.3 is 10.2 Å². The lowest BCUT2D eigenvalue weighted by Crippen LogP contribution is -2.39. The summed E-state index contributed by atoms with van der Waals surface area (Å²) < 4.78 is 0. The molecule has 1 aliphatic rings. The highest BCUT2D eigenvalue weighted by Gasteiger charge is 2.24. The minimum absolute atomic E-state index is 0.115. The van der Waals surface area contributed by atoms with Crippen molar-refractivity contribution in [2.75, 3.05) is 16.8 Å². The summed E-state index contributed by atoms with van der Waals surface area (Å²) in [5, 5.41) is 3.20. The molecule has 0 fully saturated rings. The standard InChI is InChI=1S/C17H18N2O/c1-12-8-15-16(9-13(12)2)19(17(20)10-18-15)11-14-6-4-3-5-7-14/h3-9,18H,10-11H2,1-2H3. The summed E-state index contributed by atoms with van der Waals surface area (Å²) in [7, 11) is 0. The first-order valence-corrected chi connectivity index (χ1v) is 6.84. The number of anilines is 2. The number of carbonyl (C=O) groups excluding carboxylic acids is 1. The first kappa shape index (κ1) is 12.7. The molecular formula is C17H18N2O. The average Bonchev–Trinajstić information content (AvgIpc) is 2.45. The second kappa shape index (κ2) is 5.00. The average molecular weight is 266 g/mol. The number of nitrogens with one attached hydrogen (secondary N) is 1. The van der Waals surface area contributed by atoms with Gasteiger partial charge in [0.05, 0.1) is 24.5 Å². The molecule has 1 aliphatic heterocycles. The molecule has 0 saturated carbocycles. The molecule has 0 aliphatic carbocycles. The van der Waals surface area contributed by atoms with Gasteiger partial charge in [0.1, 0.15) is 0 Å². The summed E-state index contributed by atoms with van der Waals surface area (Å²) in [6.45, 7) is 5.16. The molecule has 3 heteroatoms. The Morgan fingerprint density at radius 2 is 1.80 bits per heavy atom. The van der Waals surface area contributed by atoms with Gasteiger partial charge in [-0.15, -0.1) is 0 Å². The lowest BCUT2D eigenvalue weighted by atomic mass is 10.0. The van der Waals surface area contributed by atoms with Crippen LogP contribution in [0.1, 0.15) is 16.7 Å². The first-order chi connectivity index (χ1) is 9.65. The molecular weight excluding hydrogens is 248 g/mol. The Balaban J connectivity index is 1.99. The zero-order chi connectivity index (χ0) is 14.1. The van der Waals surface area contributed by atoms with Gasteiger partial charge in [0.25, 0.3) is 0 Å². The summed E-state index contributed by atoms with van der Waals surface area (Å²) >= 11 is 0. The fourth-order valence-electron chi connectivity index (χ4n) is 2.51. The van der Waals surface area contributed by atoms with E-state index in [0.717, 1.165) is 16.9 Å². The Morgan fingerprint density at radius 1 is 1.10 bits per heavy atom. The Bertz CT molecular complexity index is 650. The zero-order valence-corrected chi connectivity index (χ0v) is 11.8. The number of hydrogen-bond donors (Lipinski definition) is 1. The van der Waals surface area contributed by atoms with Gasteiger partial charge in [0.2, 0.25) is 5.91 Å². The summed E-state index contributed by atoms with van der Waals surface area (Å²) in [5.74, 6) is 0.115. The molecule has 0 spiro atoms. The van der Waals surface area contributed by atoms with Gasteiger partial charge >= 0.3 is 0 Å². The predicted octanol–water partition coefficient (Wildman–Crippen LogP) is 3.26. The molecule has 20 heavy (non-hydrogen) atoms. The summed E-state index contributed by atoms with van der Waals surface area (Å²) in [4.78, 5) is 14.1. The topological polar surface area (TPSA) is 32.3 Å². The number of rotatable bonds is 2. The second-order valence-corrected chi connectivity index (χ2v) is 5.27. The van der Waals surface area contributed by atoms with Gasteiger partial charge in [0.15, 0.2) is 0 Å². The number of nitrogens with zero attached hydrogens (tertiary/aromatic N) is 1. The molecule has 0 saturated heterocycles. The zero-order valence-electron chi connectivity index (χ0n) is 11.8. The Kier molecular flexibility index (Phi) is 3.18. The van der Waals surface area contributed by atoms with Crippen molar-refractivity contribution >= 4 is 17.3 Å². The van der Waals surface area contributed by atoms with Crippen molar-refractivity contribution in [2.45, 2.75) is 20.4 Å². The van der Waals surface area contributed by atoms with E-state index in [1.165, 1.54) is 11.1 Å². The van der Waals surface area contributed by atoms with Crippen molar-refractivity contribution in [2.24, 2.45) is 0 Å². The van der Waals surface area contributed by atoms with Crippen LogP contribution < -0.4 is 10.2 Å². The molecule has 0 unspecified atom stereocenters. The maximum absolute atomic E-state index is 12.2. The molecule has 3 nitrogen and oxygen atoms in total. The molecule has 2 aromatic carbocycles. The molecule has 3 rings (SSSR count). The summed E-state index contributed by atoms with van der Waals surface area (Å²) in [6, 6.07) is 14.3. The van der Waals surface area contributed by atoms with Crippen LogP contribution in [0, 0.1) is 13.8 Å². The van der Waals surface area contributed by atoms with Crippen LogP contribution in [0.2, 0.25) is 0 Å². The molecule has 1 N–H and O–H groups in total. The third kappa shape index (κ3) is 2.27. The Hall–Kier alpha value is -2.29. The van der Waals surface area contributed by atoms with Crippen LogP contribution in [-0.4, -0.2) is 12.5 Å². The van der Waals surface area contributed by atoms with E-state index in [1.807, 2.05) is 23.1 Å². The van der Waals surface area contributed by atoms with Gasteiger partial charge in [-0.25, -0.2) is 0 Å². The number of amides is 1. The quantitative estimate of drug-likeness (QED) is 0.905. The number of aryl methyl sites for hydroxylation is 2. The highest BCUT2D eigenvalue weighted by molar-refractivity contribution is 6.02. The van der Waals surface area contributed by atoms with Crippen LogP contribution in [0.3, 0.4) is 0 Å². The predicted molar refractivity (Wildman–Crippen MR) is 82.0 cm³/mol. The lowest BCUT2D eigenvalue weighted by Gasteiger charge is -2.31. The number of carbonyl (C=O) groups is 1. The number of fused-ring (bicyclic) bond motifs is 1. The van der Waals surface area contributed by atoms with Crippen molar-refractivity contribution in [3.8, 4) is 0 Å². The molecule has 0 atom stereocenters. The lowest BCUT2D eigenvalue weighted by molar-refractivity contribution is -0.117. The van der Waals surface area contributed by atoms with E-state index in [9.17, 15) is 4.79 Å². The molecule has 1 heterocycles. The van der Waals surface area contributed by atoms with Crippen LogP contribution in [-0.2, 0) is 11.3 Å². The SMILES string of the molecule is Cc1cc2c(cc1C)N(Cc1ccccc1)C(=O)CN2. The highest BCUT2D eigenvalue weighted by atomic mass is 16.2. The monoisotopic (exact) mass is 266 g/mol. The van der Waals surface area contributed by atoms with E-state index < -0.39 is 0 Å². The van der Waals surface area contributed by atoms with Crippen molar-refractivity contribution in [1.29, 1.82) is 0 Å². The minimum Gasteiger partial charge on any atom is -0.374 e. The smallest absolute Gasteiger partial charge is 0.246 e. The number of benzene rings is 2. The Labute approximate surface area is 119 Å². The fourth-order valence-corrected chi connectivity index (χ4v) is 2.51. The van der Waals surface area contributed by atoms with E-state index in [-0.39, 0.29) is 5.91 Å². The Morgan fingerprint density at radius 3 is 2.55 bits per heavy atom. The van der Waals surface area contributed by atoms with Crippen LogP contribution >= 0.6 is 0 Å². The van der Waals surface area contributed by atoms with Crippen molar-refractivity contribution in [3.63, 3.8) is 0 Å². The fraction of sp³-hybridized carbons (Fsp3) is 0.235. The van der Waals surface area contributed by atoms with Crippen molar-refractivity contribution < 1.29 is 4.79 Å². The van der Waals surface area contributed by atoms with Gasteiger partial charge in [-0.1, -0.05) is 30.3 Å². The van der Waals surface area contributed by atoms with Crippen molar-refractivity contribution in [3.05, 3.63) is 59.2 Å². The summed E-state index contributed by atoms with van der Waals surface area (Å²) in [5.41, 5.74) is 5.62. The highest BCUT2D eigenvalue weighted by Crippen LogP contribution is 2.33. The third-order valence-corrected chi connectivity index (χ3v) is 3.82. The van der Waals surface area contributed by atoms with Crippen LogP contribution in [0.15, 0.2) is 42.5 Å². The van der Waals surface area contributed by atoms with Gasteiger partial charge in [-0.2, -0.15) is 0 Å². The number of hydrogen-bond acceptors (Lipinski definition) is 2. The van der Waals surface area contributed by atoms with E-state index in [4.69, 9.17) is 0 Å². The van der Waals surface area contributed by atoms with Gasteiger partial charge in [-0.3, -0.25) is 4.79 Å². The summed E-state index contributed by atoms with van der Waals surface area (Å²) in [6.07, 6.45) is 0. The van der Waals surface area contributed by atoms with Crippen LogP contribution in [0.5, 0.6) is 0 Å². The molecule has 0 bridgehead atoms. The molecule has 1 amide bonds. The maximum Gasteiger partial charge on any atom is 0.246 e. The van der Waals surface area contributed by atoms with Gasteiger partial charge in [0, 0.05) is 0 Å². The van der Waals surface area contributed by atoms with Crippen molar-refractivity contribution in [1.82, 2.24) is 0 Å². The van der Waals surface area contributed by atoms with E-state index >= 15 is 0 Å².